The molecule has 0 fully saturated rings. The van der Waals surface area contributed by atoms with Gasteiger partial charge in [-0.2, -0.15) is 0 Å². The number of hydrogen-bond donors (Lipinski definition) is 0. The van der Waals surface area contributed by atoms with Crippen LogP contribution < -0.4 is 4.74 Å². The van der Waals surface area contributed by atoms with Crippen molar-refractivity contribution >= 4 is 5.78 Å². The average Bonchev–Trinajstić information content (AvgIpc) is 2.14. The van der Waals surface area contributed by atoms with E-state index in [2.05, 4.69) is 9.97 Å². The van der Waals surface area contributed by atoms with Crippen molar-refractivity contribution in [3.05, 3.63) is 18.1 Å². The van der Waals surface area contributed by atoms with Gasteiger partial charge >= 0.3 is 0 Å². The van der Waals surface area contributed by atoms with Crippen molar-refractivity contribution in [1.29, 1.82) is 0 Å². The van der Waals surface area contributed by atoms with Crippen molar-refractivity contribution in [3.8, 4) is 5.88 Å². The first-order chi connectivity index (χ1) is 6.72. The van der Waals surface area contributed by atoms with Crippen LogP contribution in [0.2, 0.25) is 0 Å². The second kappa shape index (κ2) is 5.32. The van der Waals surface area contributed by atoms with E-state index in [1.165, 1.54) is 13.3 Å². The predicted octanol–water partition coefficient (Wildman–Crippen LogP) is 1.40. The lowest BCUT2D eigenvalue weighted by atomic mass is 10.2. The second-order valence-electron chi connectivity index (χ2n) is 3.07. The van der Waals surface area contributed by atoms with Crippen LogP contribution in [0.25, 0.3) is 0 Å². The summed E-state index contributed by atoms with van der Waals surface area (Å²) < 4.78 is 5.31. The number of carbonyl (C=O) groups is 1. The van der Waals surface area contributed by atoms with Gasteiger partial charge < -0.3 is 4.74 Å². The van der Waals surface area contributed by atoms with Gasteiger partial charge in [-0.1, -0.05) is 6.92 Å². The maximum atomic E-state index is 10.8. The van der Waals surface area contributed by atoms with Gasteiger partial charge in [-0.3, -0.25) is 4.79 Å². The standard InChI is InChI=1S/C10H14N2O2/c1-3-4-14-10-6-9(5-8(2)13)11-7-12-10/h6-7H,3-5H2,1-2H3. The Morgan fingerprint density at radius 1 is 1.50 bits per heavy atom. The number of aromatic nitrogens is 2. The molecular weight excluding hydrogens is 180 g/mol. The Hall–Kier alpha value is -1.45. The highest BCUT2D eigenvalue weighted by atomic mass is 16.5. The quantitative estimate of drug-likeness (QED) is 0.710. The van der Waals surface area contributed by atoms with Gasteiger partial charge in [-0.15, -0.1) is 0 Å². The van der Waals surface area contributed by atoms with Crippen molar-refractivity contribution in [2.45, 2.75) is 26.7 Å². The minimum Gasteiger partial charge on any atom is -0.478 e. The molecule has 0 spiro atoms. The lowest BCUT2D eigenvalue weighted by Gasteiger charge is -2.03. The first-order valence-corrected chi connectivity index (χ1v) is 4.65. The number of ketones is 1. The van der Waals surface area contributed by atoms with Gasteiger partial charge in [0.15, 0.2) is 0 Å². The van der Waals surface area contributed by atoms with E-state index in [4.69, 9.17) is 4.74 Å². The molecule has 0 bridgehead atoms. The fraction of sp³-hybridized carbons (Fsp3) is 0.500. The van der Waals surface area contributed by atoms with Gasteiger partial charge in [-0.25, -0.2) is 9.97 Å². The molecule has 1 aromatic rings. The van der Waals surface area contributed by atoms with Gasteiger partial charge in [0.05, 0.1) is 12.3 Å². The summed E-state index contributed by atoms with van der Waals surface area (Å²) >= 11 is 0. The Kier molecular flexibility index (Phi) is 4.04. The van der Waals surface area contributed by atoms with Crippen LogP contribution in [-0.2, 0) is 11.2 Å². The molecule has 0 aromatic carbocycles. The minimum atomic E-state index is 0.0881. The van der Waals surface area contributed by atoms with Crippen LogP contribution in [0.3, 0.4) is 0 Å². The monoisotopic (exact) mass is 194 g/mol. The van der Waals surface area contributed by atoms with E-state index in [0.717, 1.165) is 6.42 Å². The third kappa shape index (κ3) is 3.51. The fourth-order valence-electron chi connectivity index (χ4n) is 1.01. The summed E-state index contributed by atoms with van der Waals surface area (Å²) in [6.07, 6.45) is 2.69. The zero-order chi connectivity index (χ0) is 10.4. The number of Topliss-reactive ketones (excluding diaryl/α,β-unsaturated/α-hetero) is 1. The maximum Gasteiger partial charge on any atom is 0.216 e. The molecule has 0 N–H and O–H groups in total. The summed E-state index contributed by atoms with van der Waals surface area (Å²) in [6, 6.07) is 1.71. The molecule has 4 nitrogen and oxygen atoms in total. The lowest BCUT2D eigenvalue weighted by Crippen LogP contribution is -2.02. The summed E-state index contributed by atoms with van der Waals surface area (Å²) in [6.45, 7) is 4.20. The number of nitrogens with zero attached hydrogens (tertiary/aromatic N) is 2. The van der Waals surface area contributed by atoms with Gasteiger partial charge in [0.2, 0.25) is 5.88 Å². The normalized spacial score (nSPS) is 9.86. The number of hydrogen-bond acceptors (Lipinski definition) is 4. The van der Waals surface area contributed by atoms with Crippen molar-refractivity contribution in [3.63, 3.8) is 0 Å². The van der Waals surface area contributed by atoms with Crippen LogP contribution in [0.15, 0.2) is 12.4 Å². The summed E-state index contributed by atoms with van der Waals surface area (Å²) in [5.41, 5.74) is 0.707. The highest BCUT2D eigenvalue weighted by Crippen LogP contribution is 2.07. The molecule has 0 saturated carbocycles. The van der Waals surface area contributed by atoms with Gasteiger partial charge in [0, 0.05) is 12.5 Å². The Labute approximate surface area is 83.3 Å². The molecule has 0 amide bonds. The predicted molar refractivity (Wildman–Crippen MR) is 52.2 cm³/mol. The molecule has 4 heteroatoms. The van der Waals surface area contributed by atoms with E-state index in [1.807, 2.05) is 6.92 Å². The Morgan fingerprint density at radius 2 is 2.29 bits per heavy atom. The molecule has 0 aliphatic heterocycles. The summed E-state index contributed by atoms with van der Waals surface area (Å²) in [4.78, 5) is 18.8. The van der Waals surface area contributed by atoms with Gasteiger partial charge in [-0.05, 0) is 13.3 Å². The summed E-state index contributed by atoms with van der Waals surface area (Å²) in [5, 5.41) is 0. The molecule has 14 heavy (non-hydrogen) atoms. The molecule has 0 aliphatic rings. The number of carbonyl (C=O) groups excluding carboxylic acids is 1. The van der Waals surface area contributed by atoms with Gasteiger partial charge in [0.1, 0.15) is 12.1 Å². The summed E-state index contributed by atoms with van der Waals surface area (Å²) in [5.74, 6) is 0.628. The molecule has 1 heterocycles. The Balaban J connectivity index is 2.63. The lowest BCUT2D eigenvalue weighted by molar-refractivity contribution is -0.116. The summed E-state index contributed by atoms with van der Waals surface area (Å²) in [7, 11) is 0. The second-order valence-corrected chi connectivity index (χ2v) is 3.07. The highest BCUT2D eigenvalue weighted by molar-refractivity contribution is 5.77. The largest absolute Gasteiger partial charge is 0.478 e. The van der Waals surface area contributed by atoms with Crippen molar-refractivity contribution < 1.29 is 9.53 Å². The number of rotatable bonds is 5. The van der Waals surface area contributed by atoms with Crippen molar-refractivity contribution in [2.24, 2.45) is 0 Å². The fourth-order valence-corrected chi connectivity index (χ4v) is 1.01. The van der Waals surface area contributed by atoms with E-state index < -0.39 is 0 Å². The molecule has 0 radical (unpaired) electrons. The van der Waals surface area contributed by atoms with E-state index in [1.54, 1.807) is 6.07 Å². The minimum absolute atomic E-state index is 0.0881. The zero-order valence-corrected chi connectivity index (χ0v) is 8.49. The molecule has 0 aliphatic carbocycles. The van der Waals surface area contributed by atoms with Crippen LogP contribution in [-0.4, -0.2) is 22.4 Å². The van der Waals surface area contributed by atoms with Crippen LogP contribution in [0, 0.1) is 0 Å². The first kappa shape index (κ1) is 10.6. The Morgan fingerprint density at radius 3 is 2.93 bits per heavy atom. The molecule has 0 unspecified atom stereocenters. The van der Waals surface area contributed by atoms with Crippen LogP contribution in [0.1, 0.15) is 26.0 Å². The third-order valence-corrected chi connectivity index (χ3v) is 1.58. The highest BCUT2D eigenvalue weighted by Gasteiger charge is 2.01. The van der Waals surface area contributed by atoms with Crippen LogP contribution >= 0.6 is 0 Å². The SMILES string of the molecule is CCCOc1cc(CC(C)=O)ncn1. The molecule has 0 atom stereocenters. The van der Waals surface area contributed by atoms with E-state index >= 15 is 0 Å². The molecular formula is C10H14N2O2. The van der Waals surface area contributed by atoms with E-state index in [9.17, 15) is 4.79 Å². The maximum absolute atomic E-state index is 10.8. The van der Waals surface area contributed by atoms with E-state index in [-0.39, 0.29) is 5.78 Å². The Bertz CT molecular complexity index is 313. The molecule has 1 rings (SSSR count). The van der Waals surface area contributed by atoms with Gasteiger partial charge in [0.25, 0.3) is 0 Å². The topological polar surface area (TPSA) is 52.1 Å². The third-order valence-electron chi connectivity index (χ3n) is 1.58. The molecule has 76 valence electrons. The molecule has 1 aromatic heterocycles. The average molecular weight is 194 g/mol. The van der Waals surface area contributed by atoms with Crippen molar-refractivity contribution in [1.82, 2.24) is 9.97 Å². The van der Waals surface area contributed by atoms with Crippen molar-refractivity contribution in [2.75, 3.05) is 6.61 Å². The zero-order valence-electron chi connectivity index (χ0n) is 8.49. The first-order valence-electron chi connectivity index (χ1n) is 4.65. The molecule has 0 saturated heterocycles. The number of ether oxygens (including phenoxy) is 1. The van der Waals surface area contributed by atoms with E-state index in [0.29, 0.717) is 24.6 Å². The van der Waals surface area contributed by atoms with Crippen LogP contribution in [0.4, 0.5) is 0 Å². The van der Waals surface area contributed by atoms with Crippen LogP contribution in [0.5, 0.6) is 5.88 Å². The smallest absolute Gasteiger partial charge is 0.216 e.